The topological polar surface area (TPSA) is 53.3 Å². The fourth-order valence-electron chi connectivity index (χ4n) is 1.97. The van der Waals surface area contributed by atoms with Gasteiger partial charge in [-0.2, -0.15) is 5.26 Å². The predicted molar refractivity (Wildman–Crippen MR) is 78.3 cm³/mol. The van der Waals surface area contributed by atoms with E-state index < -0.39 is 0 Å². The molecule has 0 aliphatic heterocycles. The molecule has 108 valence electrons. The van der Waals surface area contributed by atoms with Gasteiger partial charge < -0.3 is 9.64 Å². The van der Waals surface area contributed by atoms with Gasteiger partial charge in [-0.15, -0.1) is 0 Å². The number of rotatable bonds is 7. The minimum Gasteiger partial charge on any atom is -0.497 e. The molecule has 0 heterocycles. The van der Waals surface area contributed by atoms with Crippen LogP contribution in [0.3, 0.4) is 0 Å². The normalized spacial score (nSPS) is 10.2. The van der Waals surface area contributed by atoms with Crippen molar-refractivity contribution in [3.05, 3.63) is 29.8 Å². The van der Waals surface area contributed by atoms with Crippen LogP contribution in [0.5, 0.6) is 5.75 Å². The number of ether oxygens (including phenoxy) is 1. The molecular formula is C16H22N2O2. The van der Waals surface area contributed by atoms with Gasteiger partial charge in [0.2, 0.25) is 5.91 Å². The Balaban J connectivity index is 2.66. The van der Waals surface area contributed by atoms with E-state index in [0.29, 0.717) is 31.8 Å². The van der Waals surface area contributed by atoms with Crippen LogP contribution in [0.1, 0.15) is 25.8 Å². The average molecular weight is 274 g/mol. The Morgan fingerprint density at radius 2 is 2.00 bits per heavy atom. The number of nitriles is 1. The highest BCUT2D eigenvalue weighted by Crippen LogP contribution is 2.13. The van der Waals surface area contributed by atoms with Crippen molar-refractivity contribution in [2.75, 3.05) is 20.2 Å². The summed E-state index contributed by atoms with van der Waals surface area (Å²) in [5.74, 6) is 1.25. The maximum atomic E-state index is 12.3. The van der Waals surface area contributed by atoms with Gasteiger partial charge in [0, 0.05) is 13.1 Å². The lowest BCUT2D eigenvalue weighted by Crippen LogP contribution is -2.36. The van der Waals surface area contributed by atoms with Crippen molar-refractivity contribution in [3.63, 3.8) is 0 Å². The SMILES string of the molecule is COc1ccc(CC(=O)N(CCC#N)CC(C)C)cc1. The number of carbonyl (C=O) groups excluding carboxylic acids is 1. The fourth-order valence-corrected chi connectivity index (χ4v) is 1.97. The Labute approximate surface area is 121 Å². The Morgan fingerprint density at radius 1 is 1.35 bits per heavy atom. The van der Waals surface area contributed by atoms with Crippen LogP contribution < -0.4 is 4.74 Å². The summed E-state index contributed by atoms with van der Waals surface area (Å²) in [5, 5.41) is 8.68. The van der Waals surface area contributed by atoms with Crippen LogP contribution in [0.25, 0.3) is 0 Å². The molecule has 1 aromatic carbocycles. The van der Waals surface area contributed by atoms with Crippen molar-refractivity contribution in [2.45, 2.75) is 26.7 Å². The highest BCUT2D eigenvalue weighted by molar-refractivity contribution is 5.78. The zero-order chi connectivity index (χ0) is 15.0. The first-order valence-electron chi connectivity index (χ1n) is 6.84. The molecule has 0 radical (unpaired) electrons. The maximum Gasteiger partial charge on any atom is 0.227 e. The molecule has 4 heteroatoms. The fraction of sp³-hybridized carbons (Fsp3) is 0.500. The van der Waals surface area contributed by atoms with Gasteiger partial charge in [0.25, 0.3) is 0 Å². The van der Waals surface area contributed by atoms with E-state index >= 15 is 0 Å². The van der Waals surface area contributed by atoms with Crippen LogP contribution in [-0.4, -0.2) is 31.0 Å². The first-order valence-corrected chi connectivity index (χ1v) is 6.84. The second kappa shape index (κ2) is 8.21. The third-order valence-corrected chi connectivity index (χ3v) is 2.95. The van der Waals surface area contributed by atoms with Gasteiger partial charge in [0.1, 0.15) is 5.75 Å². The zero-order valence-corrected chi connectivity index (χ0v) is 12.4. The number of nitrogens with zero attached hydrogens (tertiary/aromatic N) is 2. The molecule has 0 fully saturated rings. The summed E-state index contributed by atoms with van der Waals surface area (Å²) >= 11 is 0. The van der Waals surface area contributed by atoms with Crippen molar-refractivity contribution in [1.82, 2.24) is 4.90 Å². The van der Waals surface area contributed by atoms with Crippen molar-refractivity contribution >= 4 is 5.91 Å². The van der Waals surface area contributed by atoms with Crippen molar-refractivity contribution in [2.24, 2.45) is 5.92 Å². The van der Waals surface area contributed by atoms with E-state index in [4.69, 9.17) is 10.00 Å². The van der Waals surface area contributed by atoms with Gasteiger partial charge >= 0.3 is 0 Å². The van der Waals surface area contributed by atoms with Gasteiger partial charge in [-0.3, -0.25) is 4.79 Å². The Morgan fingerprint density at radius 3 is 2.50 bits per heavy atom. The van der Waals surface area contributed by atoms with Crippen molar-refractivity contribution in [3.8, 4) is 11.8 Å². The van der Waals surface area contributed by atoms with Gasteiger partial charge in [0.05, 0.1) is 26.0 Å². The second-order valence-electron chi connectivity index (χ2n) is 5.17. The maximum absolute atomic E-state index is 12.3. The summed E-state index contributed by atoms with van der Waals surface area (Å²) in [6.45, 7) is 5.33. The summed E-state index contributed by atoms with van der Waals surface area (Å²) < 4.78 is 5.10. The molecule has 0 bridgehead atoms. The molecule has 0 atom stereocenters. The molecule has 4 nitrogen and oxygen atoms in total. The van der Waals surface area contributed by atoms with E-state index in [1.807, 2.05) is 24.3 Å². The molecule has 1 rings (SSSR count). The quantitative estimate of drug-likeness (QED) is 0.768. The predicted octanol–water partition coefficient (Wildman–Crippen LogP) is 2.64. The van der Waals surface area contributed by atoms with Crippen molar-refractivity contribution < 1.29 is 9.53 Å². The summed E-state index contributed by atoms with van der Waals surface area (Å²) in [5.41, 5.74) is 0.960. The zero-order valence-electron chi connectivity index (χ0n) is 12.4. The van der Waals surface area contributed by atoms with E-state index in [-0.39, 0.29) is 5.91 Å². The Bertz CT molecular complexity index is 460. The highest BCUT2D eigenvalue weighted by atomic mass is 16.5. The van der Waals surface area contributed by atoms with Gasteiger partial charge in [-0.1, -0.05) is 26.0 Å². The number of hydrogen-bond donors (Lipinski definition) is 0. The van der Waals surface area contributed by atoms with Gasteiger partial charge in [-0.05, 0) is 23.6 Å². The third-order valence-electron chi connectivity index (χ3n) is 2.95. The summed E-state index contributed by atoms with van der Waals surface area (Å²) in [7, 11) is 1.62. The van der Waals surface area contributed by atoms with Gasteiger partial charge in [0.15, 0.2) is 0 Å². The van der Waals surface area contributed by atoms with Crippen LogP contribution in [0.4, 0.5) is 0 Å². The smallest absolute Gasteiger partial charge is 0.227 e. The molecule has 0 N–H and O–H groups in total. The highest BCUT2D eigenvalue weighted by Gasteiger charge is 2.15. The van der Waals surface area contributed by atoms with Crippen LogP contribution in [0.2, 0.25) is 0 Å². The third kappa shape index (κ3) is 5.31. The molecule has 0 aromatic heterocycles. The minimum atomic E-state index is 0.0686. The number of methoxy groups -OCH3 is 1. The largest absolute Gasteiger partial charge is 0.497 e. The molecule has 0 unspecified atom stereocenters. The molecule has 1 aromatic rings. The first kappa shape index (κ1) is 16.0. The number of amides is 1. The van der Waals surface area contributed by atoms with Crippen LogP contribution in [0.15, 0.2) is 24.3 Å². The second-order valence-corrected chi connectivity index (χ2v) is 5.17. The van der Waals surface area contributed by atoms with Crippen LogP contribution in [0, 0.1) is 17.2 Å². The van der Waals surface area contributed by atoms with E-state index in [0.717, 1.165) is 11.3 Å². The van der Waals surface area contributed by atoms with Gasteiger partial charge in [-0.25, -0.2) is 0 Å². The van der Waals surface area contributed by atoms with E-state index in [9.17, 15) is 4.79 Å². The monoisotopic (exact) mass is 274 g/mol. The molecule has 20 heavy (non-hydrogen) atoms. The average Bonchev–Trinajstić information content (AvgIpc) is 2.43. The molecular weight excluding hydrogens is 252 g/mol. The molecule has 0 saturated carbocycles. The molecule has 0 aliphatic rings. The number of carbonyl (C=O) groups is 1. The molecule has 1 amide bonds. The van der Waals surface area contributed by atoms with E-state index in [2.05, 4.69) is 19.9 Å². The standard InChI is InChI=1S/C16H22N2O2/c1-13(2)12-18(10-4-9-17)16(19)11-14-5-7-15(20-3)8-6-14/h5-8,13H,4,10-12H2,1-3H3. The van der Waals surface area contributed by atoms with Crippen LogP contribution in [-0.2, 0) is 11.2 Å². The van der Waals surface area contributed by atoms with Crippen LogP contribution >= 0.6 is 0 Å². The minimum absolute atomic E-state index is 0.0686. The molecule has 0 saturated heterocycles. The Hall–Kier alpha value is -2.02. The van der Waals surface area contributed by atoms with E-state index in [1.165, 1.54) is 0 Å². The Kier molecular flexibility index (Phi) is 6.58. The number of benzene rings is 1. The van der Waals surface area contributed by atoms with Crippen molar-refractivity contribution in [1.29, 1.82) is 5.26 Å². The lowest BCUT2D eigenvalue weighted by atomic mass is 10.1. The first-order chi connectivity index (χ1) is 9.56. The lowest BCUT2D eigenvalue weighted by molar-refractivity contribution is -0.130. The summed E-state index contributed by atoms with van der Waals surface area (Å²) in [6, 6.07) is 9.59. The van der Waals surface area contributed by atoms with E-state index in [1.54, 1.807) is 12.0 Å². The summed E-state index contributed by atoms with van der Waals surface area (Å²) in [4.78, 5) is 14.1. The number of hydrogen-bond acceptors (Lipinski definition) is 3. The molecule has 0 spiro atoms. The molecule has 0 aliphatic carbocycles. The lowest BCUT2D eigenvalue weighted by Gasteiger charge is -2.23. The summed E-state index contributed by atoms with van der Waals surface area (Å²) in [6.07, 6.45) is 0.739.